The molecule has 1 aliphatic rings. The number of hydrogen-bond donors (Lipinski definition) is 1. The molecule has 27 heavy (non-hydrogen) atoms. The Morgan fingerprint density at radius 2 is 1.30 bits per heavy atom. The fraction of sp³-hybridized carbons (Fsp3) is 0.826. The fourth-order valence-electron chi connectivity index (χ4n) is 3.85. The summed E-state index contributed by atoms with van der Waals surface area (Å²) < 4.78 is 31.3. The predicted molar refractivity (Wildman–Crippen MR) is 116 cm³/mol. The van der Waals surface area contributed by atoms with Crippen LogP contribution in [-0.4, -0.2) is 13.0 Å². The van der Waals surface area contributed by atoms with Crippen LogP contribution in [0, 0.1) is 5.41 Å². The minimum absolute atomic E-state index is 0.0331. The standard InChI is InChI=1S/C23H42O3S/c1-3-4-5-6-7-8-9-10-11-12-13-14-15-16-19-23(2)20-17-22(18-21-23)27(24,25)26/h17-18,20H,3-16,19,21H2,1-2H3,(H,24,25,26). The lowest BCUT2D eigenvalue weighted by atomic mass is 9.79. The van der Waals surface area contributed by atoms with Crippen LogP contribution in [-0.2, 0) is 10.1 Å². The quantitative estimate of drug-likeness (QED) is 0.215. The molecule has 0 spiro atoms. The summed E-state index contributed by atoms with van der Waals surface area (Å²) in [4.78, 5) is 0.0425. The molecule has 0 bridgehead atoms. The molecule has 0 aromatic carbocycles. The van der Waals surface area contributed by atoms with Gasteiger partial charge in [-0.05, 0) is 24.3 Å². The first-order valence-corrected chi connectivity index (χ1v) is 12.7. The molecule has 0 heterocycles. The van der Waals surface area contributed by atoms with Crippen molar-refractivity contribution in [3.8, 4) is 0 Å². The van der Waals surface area contributed by atoms with Gasteiger partial charge in [-0.15, -0.1) is 0 Å². The zero-order valence-electron chi connectivity index (χ0n) is 17.7. The van der Waals surface area contributed by atoms with Crippen molar-refractivity contribution in [2.75, 3.05) is 0 Å². The lowest BCUT2D eigenvalue weighted by Gasteiger charge is -2.27. The highest BCUT2D eigenvalue weighted by atomic mass is 32.2. The molecule has 0 saturated heterocycles. The van der Waals surface area contributed by atoms with Gasteiger partial charge in [0.1, 0.15) is 0 Å². The molecule has 4 heteroatoms. The molecule has 1 unspecified atom stereocenters. The van der Waals surface area contributed by atoms with Crippen molar-refractivity contribution in [3.63, 3.8) is 0 Å². The molecule has 1 N–H and O–H groups in total. The van der Waals surface area contributed by atoms with Crippen LogP contribution in [0.4, 0.5) is 0 Å². The van der Waals surface area contributed by atoms with Gasteiger partial charge in [-0.3, -0.25) is 4.55 Å². The lowest BCUT2D eigenvalue weighted by Crippen LogP contribution is -2.16. The van der Waals surface area contributed by atoms with Gasteiger partial charge >= 0.3 is 0 Å². The second-order valence-electron chi connectivity index (χ2n) is 8.62. The zero-order valence-corrected chi connectivity index (χ0v) is 18.5. The third-order valence-electron chi connectivity index (χ3n) is 5.82. The summed E-state index contributed by atoms with van der Waals surface area (Å²) in [5.74, 6) is 0. The van der Waals surface area contributed by atoms with Gasteiger partial charge in [-0.25, -0.2) is 0 Å². The SMILES string of the molecule is CCCCCCCCCCCCCCCCC1(C)C=CC(S(=O)(=O)O)=CC1. The molecular formula is C23H42O3S. The minimum Gasteiger partial charge on any atom is -0.282 e. The molecule has 0 aliphatic heterocycles. The summed E-state index contributed by atoms with van der Waals surface area (Å²) in [6, 6.07) is 0. The molecule has 3 nitrogen and oxygen atoms in total. The highest BCUT2D eigenvalue weighted by Crippen LogP contribution is 2.35. The first-order valence-electron chi connectivity index (χ1n) is 11.2. The van der Waals surface area contributed by atoms with Crippen molar-refractivity contribution in [2.24, 2.45) is 5.41 Å². The Balaban J connectivity index is 1.94. The van der Waals surface area contributed by atoms with Crippen LogP contribution in [0.15, 0.2) is 23.1 Å². The second kappa shape index (κ2) is 13.5. The van der Waals surface area contributed by atoms with E-state index in [4.69, 9.17) is 4.55 Å². The topological polar surface area (TPSA) is 54.4 Å². The number of unbranched alkanes of at least 4 members (excludes halogenated alkanes) is 13. The van der Waals surface area contributed by atoms with E-state index in [2.05, 4.69) is 13.8 Å². The Bertz CT molecular complexity index is 548. The van der Waals surface area contributed by atoms with E-state index in [1.807, 2.05) is 6.08 Å². The van der Waals surface area contributed by atoms with Gasteiger partial charge in [0.2, 0.25) is 0 Å². The van der Waals surface area contributed by atoms with Crippen molar-refractivity contribution in [1.29, 1.82) is 0 Å². The first-order chi connectivity index (χ1) is 12.9. The molecule has 0 amide bonds. The number of rotatable bonds is 16. The van der Waals surface area contributed by atoms with E-state index < -0.39 is 10.1 Å². The lowest BCUT2D eigenvalue weighted by molar-refractivity contribution is 0.369. The van der Waals surface area contributed by atoms with E-state index in [0.717, 1.165) is 6.42 Å². The van der Waals surface area contributed by atoms with Gasteiger partial charge in [0, 0.05) is 0 Å². The fourth-order valence-corrected chi connectivity index (χ4v) is 4.39. The third kappa shape index (κ3) is 11.7. The number of allylic oxidation sites excluding steroid dienone is 3. The average Bonchev–Trinajstić information content (AvgIpc) is 2.61. The molecule has 0 radical (unpaired) electrons. The van der Waals surface area contributed by atoms with E-state index in [-0.39, 0.29) is 10.3 Å². The van der Waals surface area contributed by atoms with Crippen LogP contribution in [0.5, 0.6) is 0 Å². The molecule has 158 valence electrons. The van der Waals surface area contributed by atoms with E-state index >= 15 is 0 Å². The first kappa shape index (κ1) is 24.4. The summed E-state index contributed by atoms with van der Waals surface area (Å²) in [7, 11) is -4.05. The van der Waals surface area contributed by atoms with Gasteiger partial charge < -0.3 is 0 Å². The predicted octanol–water partition coefficient (Wildman–Crippen LogP) is 7.60. The van der Waals surface area contributed by atoms with Crippen LogP contribution < -0.4 is 0 Å². The van der Waals surface area contributed by atoms with Crippen LogP contribution >= 0.6 is 0 Å². The smallest absolute Gasteiger partial charge is 0.282 e. The summed E-state index contributed by atoms with van der Waals surface area (Å²) in [6.07, 6.45) is 26.0. The molecule has 1 atom stereocenters. The molecule has 1 aliphatic carbocycles. The normalized spacial score (nSPS) is 20.0. The molecule has 0 aromatic heterocycles. The maximum Gasteiger partial charge on any atom is 0.294 e. The van der Waals surface area contributed by atoms with Crippen molar-refractivity contribution in [2.45, 2.75) is 117 Å². The Labute approximate surface area is 168 Å². The summed E-state index contributed by atoms with van der Waals surface area (Å²) in [5, 5.41) is 0. The summed E-state index contributed by atoms with van der Waals surface area (Å²) in [6.45, 7) is 4.44. The summed E-state index contributed by atoms with van der Waals surface area (Å²) in [5.41, 5.74) is 0.0331. The largest absolute Gasteiger partial charge is 0.294 e. The van der Waals surface area contributed by atoms with E-state index in [1.165, 1.54) is 89.9 Å². The van der Waals surface area contributed by atoms with Crippen LogP contribution in [0.2, 0.25) is 0 Å². The van der Waals surface area contributed by atoms with Crippen molar-refractivity contribution in [1.82, 2.24) is 0 Å². The van der Waals surface area contributed by atoms with Gasteiger partial charge in [0.15, 0.2) is 0 Å². The van der Waals surface area contributed by atoms with Crippen molar-refractivity contribution < 1.29 is 13.0 Å². The second-order valence-corrected chi connectivity index (χ2v) is 10.0. The Morgan fingerprint density at radius 1 is 0.852 bits per heavy atom. The molecular weight excluding hydrogens is 356 g/mol. The third-order valence-corrected chi connectivity index (χ3v) is 6.72. The number of hydrogen-bond acceptors (Lipinski definition) is 2. The maximum absolute atomic E-state index is 11.1. The highest BCUT2D eigenvalue weighted by Gasteiger charge is 2.25. The zero-order chi connectivity index (χ0) is 20.0. The van der Waals surface area contributed by atoms with Crippen molar-refractivity contribution >= 4 is 10.1 Å². The van der Waals surface area contributed by atoms with Crippen molar-refractivity contribution in [3.05, 3.63) is 23.1 Å². The van der Waals surface area contributed by atoms with Gasteiger partial charge in [0.05, 0.1) is 4.91 Å². The highest BCUT2D eigenvalue weighted by molar-refractivity contribution is 7.90. The van der Waals surface area contributed by atoms with Crippen LogP contribution in [0.25, 0.3) is 0 Å². The Hall–Kier alpha value is -0.610. The van der Waals surface area contributed by atoms with E-state index in [9.17, 15) is 8.42 Å². The van der Waals surface area contributed by atoms with E-state index in [0.29, 0.717) is 6.42 Å². The minimum atomic E-state index is -4.05. The molecule has 0 aromatic rings. The molecule has 0 saturated carbocycles. The van der Waals surface area contributed by atoms with Crippen LogP contribution in [0.3, 0.4) is 0 Å². The van der Waals surface area contributed by atoms with Gasteiger partial charge in [-0.2, -0.15) is 8.42 Å². The average molecular weight is 399 g/mol. The van der Waals surface area contributed by atoms with Crippen LogP contribution in [0.1, 0.15) is 117 Å². The maximum atomic E-state index is 11.1. The molecule has 0 fully saturated rings. The van der Waals surface area contributed by atoms with Gasteiger partial charge in [-0.1, -0.05) is 116 Å². The Kier molecular flexibility index (Phi) is 12.3. The Morgan fingerprint density at radius 3 is 1.67 bits per heavy atom. The summed E-state index contributed by atoms with van der Waals surface area (Å²) >= 11 is 0. The van der Waals surface area contributed by atoms with E-state index in [1.54, 1.807) is 12.2 Å². The molecule has 1 rings (SSSR count). The monoisotopic (exact) mass is 398 g/mol. The van der Waals surface area contributed by atoms with Gasteiger partial charge in [0.25, 0.3) is 10.1 Å².